The summed E-state index contributed by atoms with van der Waals surface area (Å²) in [5, 5.41) is 10.8. The zero-order valence-corrected chi connectivity index (χ0v) is 28.6. The number of aromatic nitrogens is 1. The number of hydrogen-bond donors (Lipinski definition) is 1. The predicted octanol–water partition coefficient (Wildman–Crippen LogP) is 9.69. The third-order valence-corrected chi connectivity index (χ3v) is 6.48. The standard InChI is InChI=1S/C24H28N.C11H20O2.Ir/c1-16-12-18(15-20(13-16)24(5,6)7)22-10-8-17-14-19(23(2,3)4)9-11-21(17)25-22;1-10(2,3)8(12)7-9(13)11(4,5)6;/h8-11,13-15H,1-7H3;7,12H,1-6H3;/q-1;;/b;8-7-;. The summed E-state index contributed by atoms with van der Waals surface area (Å²) in [6, 6.07) is 18.8. The molecule has 0 unspecified atom stereocenters. The number of aryl methyl sites for hydroxylation is 1. The summed E-state index contributed by atoms with van der Waals surface area (Å²) in [7, 11) is 0. The van der Waals surface area contributed by atoms with Crippen LogP contribution in [0.5, 0.6) is 0 Å². The van der Waals surface area contributed by atoms with Crippen molar-refractivity contribution in [3.05, 3.63) is 77.1 Å². The van der Waals surface area contributed by atoms with E-state index in [2.05, 4.69) is 97.0 Å². The summed E-state index contributed by atoms with van der Waals surface area (Å²) < 4.78 is 0. The van der Waals surface area contributed by atoms with Gasteiger partial charge in [-0.15, -0.1) is 34.9 Å². The Balaban J connectivity index is 0.000000466. The summed E-state index contributed by atoms with van der Waals surface area (Å²) in [5.74, 6) is 0.104. The van der Waals surface area contributed by atoms with E-state index in [0.717, 1.165) is 22.3 Å². The second kappa shape index (κ2) is 12.5. The molecule has 3 aromatic rings. The van der Waals surface area contributed by atoms with Crippen molar-refractivity contribution in [1.29, 1.82) is 0 Å². The van der Waals surface area contributed by atoms with Crippen LogP contribution in [0.1, 0.15) is 99.8 Å². The Morgan fingerprint density at radius 3 is 1.82 bits per heavy atom. The van der Waals surface area contributed by atoms with Crippen LogP contribution in [0.25, 0.3) is 22.2 Å². The van der Waals surface area contributed by atoms with Crippen LogP contribution in [0.15, 0.2) is 54.3 Å². The SMILES string of the molecule is CC(C)(C)C(=O)/C=C(\O)C(C)(C)C.Cc1[c-]c(-c2ccc3cc(C(C)(C)C)ccc3n2)cc(C(C)(C)C)c1.[Ir]. The normalized spacial score (nSPS) is 12.9. The Morgan fingerprint density at radius 2 is 1.33 bits per heavy atom. The number of rotatable bonds is 2. The maximum atomic E-state index is 11.5. The second-order valence-electron chi connectivity index (χ2n) is 14.5. The molecule has 0 aliphatic heterocycles. The minimum absolute atomic E-state index is 0. The van der Waals surface area contributed by atoms with Crippen LogP contribution in [0.2, 0.25) is 0 Å². The molecule has 0 amide bonds. The van der Waals surface area contributed by atoms with Crippen molar-refractivity contribution in [3.63, 3.8) is 0 Å². The maximum absolute atomic E-state index is 11.5. The van der Waals surface area contributed by atoms with Crippen LogP contribution < -0.4 is 0 Å². The molecule has 1 aromatic heterocycles. The third-order valence-electron chi connectivity index (χ3n) is 6.48. The number of carbonyl (C=O) groups excluding carboxylic acids is 1. The molecule has 0 aliphatic rings. The van der Waals surface area contributed by atoms with Gasteiger partial charge in [-0.1, -0.05) is 108 Å². The maximum Gasteiger partial charge on any atom is 0.164 e. The molecule has 0 saturated heterocycles. The van der Waals surface area contributed by atoms with Crippen molar-refractivity contribution in [1.82, 2.24) is 4.98 Å². The van der Waals surface area contributed by atoms with Gasteiger partial charge in [0.2, 0.25) is 0 Å². The van der Waals surface area contributed by atoms with Gasteiger partial charge in [-0.2, -0.15) is 0 Å². The number of allylic oxidation sites excluding steroid dienone is 2. The fourth-order valence-electron chi connectivity index (χ4n) is 3.59. The van der Waals surface area contributed by atoms with Crippen molar-refractivity contribution in [3.8, 4) is 11.3 Å². The minimum Gasteiger partial charge on any atom is -0.512 e. The fourth-order valence-corrected chi connectivity index (χ4v) is 3.59. The number of nitrogens with zero attached hydrogens (tertiary/aromatic N) is 1. The van der Waals surface area contributed by atoms with E-state index in [1.54, 1.807) is 0 Å². The number of hydrogen-bond acceptors (Lipinski definition) is 3. The van der Waals surface area contributed by atoms with E-state index < -0.39 is 5.41 Å². The molecule has 0 bridgehead atoms. The molecule has 0 spiro atoms. The summed E-state index contributed by atoms with van der Waals surface area (Å²) in [4.78, 5) is 16.4. The molecule has 39 heavy (non-hydrogen) atoms. The number of benzene rings is 2. The Labute approximate surface area is 250 Å². The van der Waals surface area contributed by atoms with Gasteiger partial charge in [0, 0.05) is 37.0 Å². The molecule has 0 aliphatic carbocycles. The van der Waals surface area contributed by atoms with Gasteiger partial charge in [0.15, 0.2) is 5.78 Å². The molecule has 2 aromatic carbocycles. The van der Waals surface area contributed by atoms with Crippen LogP contribution in [0, 0.1) is 23.8 Å². The second-order valence-corrected chi connectivity index (χ2v) is 14.5. The van der Waals surface area contributed by atoms with Crippen molar-refractivity contribution in [2.24, 2.45) is 10.8 Å². The Bertz CT molecular complexity index is 1320. The molecule has 3 rings (SSSR count). The molecule has 1 N–H and O–H groups in total. The van der Waals surface area contributed by atoms with Crippen LogP contribution in [-0.2, 0) is 35.7 Å². The van der Waals surface area contributed by atoms with Crippen molar-refractivity contribution in [2.45, 2.75) is 101 Å². The van der Waals surface area contributed by atoms with Gasteiger partial charge in [0.1, 0.15) is 5.76 Å². The zero-order valence-electron chi connectivity index (χ0n) is 26.3. The summed E-state index contributed by atoms with van der Waals surface area (Å²) in [6.07, 6.45) is 1.33. The molecular weight excluding hydrogens is 659 g/mol. The van der Waals surface area contributed by atoms with Crippen molar-refractivity contribution in [2.75, 3.05) is 0 Å². The first-order valence-electron chi connectivity index (χ1n) is 13.5. The number of aliphatic hydroxyl groups is 1. The van der Waals surface area contributed by atoms with E-state index in [4.69, 9.17) is 4.98 Å². The first-order chi connectivity index (χ1) is 17.1. The van der Waals surface area contributed by atoms with E-state index in [1.807, 2.05) is 41.5 Å². The summed E-state index contributed by atoms with van der Waals surface area (Å²) >= 11 is 0. The molecule has 1 radical (unpaired) electrons. The molecule has 1 heterocycles. The largest absolute Gasteiger partial charge is 0.512 e. The first kappa shape index (κ1) is 34.7. The average molecular weight is 707 g/mol. The number of fused-ring (bicyclic) bond motifs is 1. The van der Waals surface area contributed by atoms with Gasteiger partial charge in [0.05, 0.1) is 5.52 Å². The average Bonchev–Trinajstić information content (AvgIpc) is 2.76. The monoisotopic (exact) mass is 707 g/mol. The topological polar surface area (TPSA) is 50.2 Å². The minimum atomic E-state index is -0.417. The first-order valence-corrected chi connectivity index (χ1v) is 13.5. The van der Waals surface area contributed by atoms with E-state index in [9.17, 15) is 9.90 Å². The quantitative estimate of drug-likeness (QED) is 0.164. The third kappa shape index (κ3) is 10.00. The number of ketones is 1. The van der Waals surface area contributed by atoms with Gasteiger partial charge >= 0.3 is 0 Å². The smallest absolute Gasteiger partial charge is 0.164 e. The summed E-state index contributed by atoms with van der Waals surface area (Å²) in [6.45, 7) is 26.7. The number of aliphatic hydroxyl groups excluding tert-OH is 1. The van der Waals surface area contributed by atoms with Crippen molar-refractivity contribution < 1.29 is 30.0 Å². The molecule has 0 fully saturated rings. The Hall–Kier alpha value is -2.29. The fraction of sp³-hybridized carbons (Fsp3) is 0.486. The Kier molecular flexibility index (Phi) is 11.1. The molecule has 3 nitrogen and oxygen atoms in total. The molecule has 215 valence electrons. The van der Waals surface area contributed by atoms with Crippen LogP contribution >= 0.6 is 0 Å². The van der Waals surface area contributed by atoms with E-state index in [-0.39, 0.29) is 47.9 Å². The van der Waals surface area contributed by atoms with Gasteiger partial charge in [-0.3, -0.25) is 9.78 Å². The van der Waals surface area contributed by atoms with Crippen LogP contribution in [-0.4, -0.2) is 15.9 Å². The molecular formula is C35H48IrNO2-. The predicted molar refractivity (Wildman–Crippen MR) is 163 cm³/mol. The van der Waals surface area contributed by atoms with Gasteiger partial charge in [0.25, 0.3) is 0 Å². The van der Waals surface area contributed by atoms with Gasteiger partial charge in [-0.05, 0) is 39.6 Å². The number of carbonyl (C=O) groups is 1. The summed E-state index contributed by atoms with van der Waals surface area (Å²) in [5.41, 5.74) is 6.43. The van der Waals surface area contributed by atoms with Gasteiger partial charge < -0.3 is 5.11 Å². The molecule has 4 heteroatoms. The van der Waals surface area contributed by atoms with Crippen LogP contribution in [0.3, 0.4) is 0 Å². The number of pyridine rings is 1. The van der Waals surface area contributed by atoms with Crippen molar-refractivity contribution >= 4 is 16.7 Å². The molecule has 0 atom stereocenters. The van der Waals surface area contributed by atoms with E-state index in [1.165, 1.54) is 22.6 Å². The van der Waals surface area contributed by atoms with E-state index >= 15 is 0 Å². The zero-order chi connectivity index (χ0) is 29.3. The van der Waals surface area contributed by atoms with E-state index in [0.29, 0.717) is 0 Å². The van der Waals surface area contributed by atoms with Gasteiger partial charge in [-0.25, -0.2) is 0 Å². The Morgan fingerprint density at radius 1 is 0.769 bits per heavy atom. The molecule has 0 saturated carbocycles. The van der Waals surface area contributed by atoms with Crippen LogP contribution in [0.4, 0.5) is 0 Å².